The number of aromatic nitrogens is 1. The number of nitrogens with one attached hydrogen (secondary N) is 1. The number of thiazole rings is 1. The predicted molar refractivity (Wildman–Crippen MR) is 83.2 cm³/mol. The number of hydrogen-bond acceptors (Lipinski definition) is 6. The van der Waals surface area contributed by atoms with Gasteiger partial charge < -0.3 is 10.1 Å². The van der Waals surface area contributed by atoms with Crippen LogP contribution in [0.2, 0.25) is 0 Å². The molecule has 6 nitrogen and oxygen atoms in total. The van der Waals surface area contributed by atoms with Crippen molar-refractivity contribution in [2.75, 3.05) is 11.9 Å². The average Bonchev–Trinajstić information content (AvgIpc) is 2.86. The van der Waals surface area contributed by atoms with E-state index in [1.165, 1.54) is 6.07 Å². The summed E-state index contributed by atoms with van der Waals surface area (Å²) >= 11 is 1.59. The molecule has 112 valence electrons. The van der Waals surface area contributed by atoms with E-state index in [0.717, 1.165) is 16.4 Å². The Morgan fingerprint density at radius 3 is 2.86 bits per heavy atom. The molecule has 0 aliphatic heterocycles. The minimum absolute atomic E-state index is 0.0274. The topological polar surface area (TPSA) is 77.3 Å². The van der Waals surface area contributed by atoms with Crippen LogP contribution in [0.1, 0.15) is 30.6 Å². The summed E-state index contributed by atoms with van der Waals surface area (Å²) in [5.41, 5.74) is 1.73. The van der Waals surface area contributed by atoms with Gasteiger partial charge in [-0.1, -0.05) is 0 Å². The van der Waals surface area contributed by atoms with Gasteiger partial charge in [0.05, 0.1) is 17.6 Å². The first kappa shape index (κ1) is 15.2. The molecule has 1 unspecified atom stereocenters. The second-order valence-electron chi connectivity index (χ2n) is 4.57. The van der Waals surface area contributed by atoms with Crippen molar-refractivity contribution in [3.05, 3.63) is 44.4 Å². The Kier molecular flexibility index (Phi) is 4.74. The summed E-state index contributed by atoms with van der Waals surface area (Å²) in [7, 11) is 0. The highest BCUT2D eigenvalue weighted by Crippen LogP contribution is 2.32. The molecule has 1 atom stereocenters. The second kappa shape index (κ2) is 6.53. The molecule has 7 heteroatoms. The first-order valence-corrected chi connectivity index (χ1v) is 7.49. The summed E-state index contributed by atoms with van der Waals surface area (Å²) in [6, 6.07) is 4.81. The van der Waals surface area contributed by atoms with E-state index in [1.807, 2.05) is 19.2 Å². The molecule has 2 aromatic rings. The van der Waals surface area contributed by atoms with Crippen LogP contribution in [0.4, 0.5) is 11.4 Å². The zero-order chi connectivity index (χ0) is 15.4. The molecule has 1 N–H and O–H groups in total. The SMILES string of the molecule is CCOc1cc(NC(C)c2nc(C)cs2)ccc1[N+](=O)[O-]. The molecule has 0 amide bonds. The Balaban J connectivity index is 2.20. The third-order valence-electron chi connectivity index (χ3n) is 2.85. The molecule has 0 saturated heterocycles. The van der Waals surface area contributed by atoms with Crippen LogP contribution in [0.15, 0.2) is 23.6 Å². The summed E-state index contributed by atoms with van der Waals surface area (Å²) < 4.78 is 5.34. The fourth-order valence-corrected chi connectivity index (χ4v) is 2.71. The average molecular weight is 307 g/mol. The number of rotatable bonds is 6. The molecule has 0 aliphatic rings. The molecular weight excluding hydrogens is 290 g/mol. The summed E-state index contributed by atoms with van der Waals surface area (Å²) in [6.07, 6.45) is 0. The monoisotopic (exact) mass is 307 g/mol. The summed E-state index contributed by atoms with van der Waals surface area (Å²) in [6.45, 7) is 6.13. The summed E-state index contributed by atoms with van der Waals surface area (Å²) in [4.78, 5) is 14.9. The Hall–Kier alpha value is -2.15. The number of anilines is 1. The summed E-state index contributed by atoms with van der Waals surface area (Å²) in [5.74, 6) is 0.273. The van der Waals surface area contributed by atoms with E-state index < -0.39 is 4.92 Å². The van der Waals surface area contributed by atoms with Crippen molar-refractivity contribution >= 4 is 22.7 Å². The Labute approximate surface area is 126 Å². The molecule has 0 fully saturated rings. The molecule has 21 heavy (non-hydrogen) atoms. The lowest BCUT2D eigenvalue weighted by molar-refractivity contribution is -0.385. The van der Waals surface area contributed by atoms with Gasteiger partial charge >= 0.3 is 5.69 Å². The van der Waals surface area contributed by atoms with Crippen molar-refractivity contribution in [3.63, 3.8) is 0 Å². The lowest BCUT2D eigenvalue weighted by Crippen LogP contribution is -2.07. The van der Waals surface area contributed by atoms with Gasteiger partial charge in [-0.05, 0) is 26.8 Å². The predicted octanol–water partition coefficient (Wildman–Crippen LogP) is 3.93. The molecule has 2 rings (SSSR count). The maximum atomic E-state index is 11.0. The van der Waals surface area contributed by atoms with Gasteiger partial charge in [0.15, 0.2) is 5.75 Å². The number of nitro benzene ring substituents is 1. The zero-order valence-corrected chi connectivity index (χ0v) is 12.9. The number of nitro groups is 1. The Morgan fingerprint density at radius 1 is 1.52 bits per heavy atom. The highest BCUT2D eigenvalue weighted by Gasteiger charge is 2.17. The number of aryl methyl sites for hydroxylation is 1. The highest BCUT2D eigenvalue weighted by molar-refractivity contribution is 7.09. The zero-order valence-electron chi connectivity index (χ0n) is 12.1. The van der Waals surface area contributed by atoms with Crippen molar-refractivity contribution in [2.24, 2.45) is 0 Å². The lowest BCUT2D eigenvalue weighted by atomic mass is 10.2. The minimum Gasteiger partial charge on any atom is -0.487 e. The third kappa shape index (κ3) is 3.69. The van der Waals surface area contributed by atoms with E-state index >= 15 is 0 Å². The van der Waals surface area contributed by atoms with Gasteiger partial charge in [-0.2, -0.15) is 0 Å². The van der Waals surface area contributed by atoms with Gasteiger partial charge in [0.2, 0.25) is 0 Å². The largest absolute Gasteiger partial charge is 0.487 e. The third-order valence-corrected chi connectivity index (χ3v) is 3.99. The lowest BCUT2D eigenvalue weighted by Gasteiger charge is -2.14. The van der Waals surface area contributed by atoms with Crippen LogP contribution < -0.4 is 10.1 Å². The molecule has 0 saturated carbocycles. The van der Waals surface area contributed by atoms with Crippen LogP contribution in [-0.4, -0.2) is 16.5 Å². The normalized spacial score (nSPS) is 12.0. The molecule has 0 spiro atoms. The highest BCUT2D eigenvalue weighted by atomic mass is 32.1. The van der Waals surface area contributed by atoms with E-state index in [9.17, 15) is 10.1 Å². The van der Waals surface area contributed by atoms with Crippen molar-refractivity contribution in [1.82, 2.24) is 4.98 Å². The van der Waals surface area contributed by atoms with Gasteiger partial charge in [-0.3, -0.25) is 10.1 Å². The molecule has 1 aromatic heterocycles. The van der Waals surface area contributed by atoms with Crippen LogP contribution in [0, 0.1) is 17.0 Å². The van der Waals surface area contributed by atoms with Gasteiger partial charge in [0.25, 0.3) is 0 Å². The first-order chi connectivity index (χ1) is 10.0. The minimum atomic E-state index is -0.442. The molecule has 0 bridgehead atoms. The van der Waals surface area contributed by atoms with Gasteiger partial charge in [0.1, 0.15) is 5.01 Å². The van der Waals surface area contributed by atoms with E-state index in [1.54, 1.807) is 30.4 Å². The number of hydrogen-bond donors (Lipinski definition) is 1. The van der Waals surface area contributed by atoms with E-state index in [2.05, 4.69) is 10.3 Å². The van der Waals surface area contributed by atoms with Crippen molar-refractivity contribution in [1.29, 1.82) is 0 Å². The van der Waals surface area contributed by atoms with Gasteiger partial charge in [-0.25, -0.2) is 4.98 Å². The van der Waals surface area contributed by atoms with Crippen LogP contribution in [0.5, 0.6) is 5.75 Å². The fraction of sp³-hybridized carbons (Fsp3) is 0.357. The van der Waals surface area contributed by atoms with Gasteiger partial charge in [0, 0.05) is 28.9 Å². The van der Waals surface area contributed by atoms with Crippen LogP contribution in [0.3, 0.4) is 0 Å². The van der Waals surface area contributed by atoms with E-state index in [-0.39, 0.29) is 17.5 Å². The van der Waals surface area contributed by atoms with Crippen LogP contribution >= 0.6 is 11.3 Å². The quantitative estimate of drug-likeness (QED) is 0.646. The van der Waals surface area contributed by atoms with Crippen molar-refractivity contribution < 1.29 is 9.66 Å². The maximum Gasteiger partial charge on any atom is 0.311 e. The van der Waals surface area contributed by atoms with Crippen LogP contribution in [-0.2, 0) is 0 Å². The smallest absolute Gasteiger partial charge is 0.311 e. The Bertz CT molecular complexity index is 642. The molecule has 0 radical (unpaired) electrons. The standard InChI is InChI=1S/C14H17N3O3S/c1-4-20-13-7-11(5-6-12(13)17(18)19)16-10(3)14-15-9(2)8-21-14/h5-8,10,16H,4H2,1-3H3. The first-order valence-electron chi connectivity index (χ1n) is 6.61. The second-order valence-corrected chi connectivity index (χ2v) is 5.46. The fourth-order valence-electron chi connectivity index (χ4n) is 1.91. The molecular formula is C14H17N3O3S. The van der Waals surface area contributed by atoms with Crippen LogP contribution in [0.25, 0.3) is 0 Å². The van der Waals surface area contributed by atoms with E-state index in [4.69, 9.17) is 4.74 Å². The number of benzene rings is 1. The van der Waals surface area contributed by atoms with Crippen molar-refractivity contribution in [2.45, 2.75) is 26.8 Å². The summed E-state index contributed by atoms with van der Waals surface area (Å²) in [5, 5.41) is 17.2. The number of nitrogens with zero attached hydrogens (tertiary/aromatic N) is 2. The number of ether oxygens (including phenoxy) is 1. The molecule has 1 aromatic carbocycles. The van der Waals surface area contributed by atoms with Gasteiger partial charge in [-0.15, -0.1) is 11.3 Å². The maximum absolute atomic E-state index is 11.0. The van der Waals surface area contributed by atoms with E-state index in [0.29, 0.717) is 6.61 Å². The molecule has 1 heterocycles. The van der Waals surface area contributed by atoms with Crippen molar-refractivity contribution in [3.8, 4) is 5.75 Å². The molecule has 0 aliphatic carbocycles. The Morgan fingerprint density at radius 2 is 2.29 bits per heavy atom.